The lowest BCUT2D eigenvalue weighted by atomic mass is 10.1. The predicted octanol–water partition coefficient (Wildman–Crippen LogP) is 2.14. The molecule has 0 spiro atoms. The maximum absolute atomic E-state index is 12.9. The van der Waals surface area contributed by atoms with Gasteiger partial charge in [0.1, 0.15) is 11.5 Å². The molecule has 0 saturated carbocycles. The van der Waals surface area contributed by atoms with Gasteiger partial charge in [-0.3, -0.25) is 14.4 Å². The number of ether oxygens (including phenoxy) is 2. The van der Waals surface area contributed by atoms with Gasteiger partial charge in [0.2, 0.25) is 5.91 Å². The number of rotatable bonds is 8. The largest absolute Gasteiger partial charge is 0.494 e. The van der Waals surface area contributed by atoms with E-state index < -0.39 is 6.10 Å². The zero-order valence-electron chi connectivity index (χ0n) is 17.7. The summed E-state index contributed by atoms with van der Waals surface area (Å²) in [6.45, 7) is 2.58. The molecule has 164 valence electrons. The molecule has 0 radical (unpaired) electrons. The van der Waals surface area contributed by atoms with Crippen molar-refractivity contribution in [2.45, 2.75) is 25.9 Å². The molecule has 1 heterocycles. The van der Waals surface area contributed by atoms with Crippen molar-refractivity contribution in [3.05, 3.63) is 54.1 Å². The summed E-state index contributed by atoms with van der Waals surface area (Å²) in [5.41, 5.74) is 0.997. The highest BCUT2D eigenvalue weighted by molar-refractivity contribution is 6.02. The standard InChI is InChI=1S/C23H27N3O5/c1-3-4-13-30-17-11-9-16(10-12-17)22(28)25-14-21(27)26-15-20(23(29)24-2)31-19-8-6-5-7-18(19)26/h5-12,20H,3-4,13-15H2,1-2H3,(H,24,29)(H,25,28)/t20-/m1/s1. The van der Waals surface area contributed by atoms with Gasteiger partial charge in [-0.15, -0.1) is 0 Å². The Bertz CT molecular complexity index is 929. The van der Waals surface area contributed by atoms with Gasteiger partial charge < -0.3 is 25.0 Å². The number of fused-ring (bicyclic) bond motifs is 1. The fourth-order valence-corrected chi connectivity index (χ4v) is 3.16. The Kier molecular flexibility index (Phi) is 7.48. The lowest BCUT2D eigenvalue weighted by Crippen LogP contribution is -2.52. The molecule has 2 aromatic carbocycles. The lowest BCUT2D eigenvalue weighted by molar-refractivity contribution is -0.127. The number of para-hydroxylation sites is 2. The number of unbranched alkanes of at least 4 members (excludes halogenated alkanes) is 1. The van der Waals surface area contributed by atoms with Crippen molar-refractivity contribution >= 4 is 23.4 Å². The summed E-state index contributed by atoms with van der Waals surface area (Å²) in [4.78, 5) is 38.8. The summed E-state index contributed by atoms with van der Waals surface area (Å²) in [5.74, 6) is 0.125. The predicted molar refractivity (Wildman–Crippen MR) is 116 cm³/mol. The zero-order chi connectivity index (χ0) is 22.2. The molecule has 31 heavy (non-hydrogen) atoms. The summed E-state index contributed by atoms with van der Waals surface area (Å²) in [7, 11) is 1.51. The number of benzene rings is 2. The quantitative estimate of drug-likeness (QED) is 0.632. The Morgan fingerprint density at radius 3 is 2.58 bits per heavy atom. The topological polar surface area (TPSA) is 97.0 Å². The summed E-state index contributed by atoms with van der Waals surface area (Å²) < 4.78 is 11.3. The second-order valence-corrected chi connectivity index (χ2v) is 7.10. The average molecular weight is 425 g/mol. The van der Waals surface area contributed by atoms with Crippen LogP contribution in [0, 0.1) is 0 Å². The van der Waals surface area contributed by atoms with Crippen LogP contribution in [0.2, 0.25) is 0 Å². The number of anilines is 1. The maximum atomic E-state index is 12.9. The molecule has 1 atom stereocenters. The van der Waals surface area contributed by atoms with Gasteiger partial charge in [0.15, 0.2) is 6.10 Å². The van der Waals surface area contributed by atoms with Gasteiger partial charge in [0.05, 0.1) is 25.4 Å². The maximum Gasteiger partial charge on any atom is 0.262 e. The second kappa shape index (κ2) is 10.5. The van der Waals surface area contributed by atoms with Crippen molar-refractivity contribution in [2.24, 2.45) is 0 Å². The van der Waals surface area contributed by atoms with Crippen LogP contribution in [0.5, 0.6) is 11.5 Å². The molecule has 1 aliphatic heterocycles. The monoisotopic (exact) mass is 425 g/mol. The SMILES string of the molecule is CCCCOc1ccc(C(=O)NCC(=O)N2C[C@H](C(=O)NC)Oc3ccccc32)cc1. The Morgan fingerprint density at radius 2 is 1.87 bits per heavy atom. The minimum atomic E-state index is -0.820. The molecule has 0 bridgehead atoms. The van der Waals surface area contributed by atoms with Gasteiger partial charge in [0.25, 0.3) is 11.8 Å². The summed E-state index contributed by atoms with van der Waals surface area (Å²) >= 11 is 0. The number of carbonyl (C=O) groups excluding carboxylic acids is 3. The number of amides is 3. The first-order valence-corrected chi connectivity index (χ1v) is 10.3. The van der Waals surface area contributed by atoms with E-state index in [1.165, 1.54) is 11.9 Å². The van der Waals surface area contributed by atoms with Gasteiger partial charge in [0, 0.05) is 12.6 Å². The molecular formula is C23H27N3O5. The van der Waals surface area contributed by atoms with E-state index in [0.717, 1.165) is 12.8 Å². The number of likely N-dealkylation sites (N-methyl/N-ethyl adjacent to an activating group) is 1. The van der Waals surface area contributed by atoms with Crippen molar-refractivity contribution < 1.29 is 23.9 Å². The van der Waals surface area contributed by atoms with Crippen molar-refractivity contribution in [3.8, 4) is 11.5 Å². The van der Waals surface area contributed by atoms with E-state index in [9.17, 15) is 14.4 Å². The Hall–Kier alpha value is -3.55. The summed E-state index contributed by atoms with van der Waals surface area (Å²) in [5, 5.41) is 5.18. The van der Waals surface area contributed by atoms with Crippen LogP contribution in [0.25, 0.3) is 0 Å². The van der Waals surface area contributed by atoms with Crippen molar-refractivity contribution in [3.63, 3.8) is 0 Å². The molecule has 2 N–H and O–H groups in total. The van der Waals surface area contributed by atoms with Gasteiger partial charge in [-0.1, -0.05) is 25.5 Å². The molecule has 8 nitrogen and oxygen atoms in total. The van der Waals surface area contributed by atoms with Crippen LogP contribution in [-0.2, 0) is 9.59 Å². The van der Waals surface area contributed by atoms with Crippen LogP contribution in [-0.4, -0.2) is 50.6 Å². The van der Waals surface area contributed by atoms with Gasteiger partial charge in [-0.25, -0.2) is 0 Å². The normalized spacial score (nSPS) is 14.8. The molecule has 0 unspecified atom stereocenters. The molecule has 0 saturated heterocycles. The Labute approximate surface area is 181 Å². The van der Waals surface area contributed by atoms with Crippen LogP contribution >= 0.6 is 0 Å². The van der Waals surface area contributed by atoms with E-state index in [-0.39, 0.29) is 30.8 Å². The molecule has 0 aliphatic carbocycles. The van der Waals surface area contributed by atoms with E-state index >= 15 is 0 Å². The lowest BCUT2D eigenvalue weighted by Gasteiger charge is -2.34. The highest BCUT2D eigenvalue weighted by atomic mass is 16.5. The molecule has 0 aromatic heterocycles. The van der Waals surface area contributed by atoms with Gasteiger partial charge in [-0.2, -0.15) is 0 Å². The van der Waals surface area contributed by atoms with E-state index in [0.29, 0.717) is 29.4 Å². The third-order valence-corrected chi connectivity index (χ3v) is 4.90. The van der Waals surface area contributed by atoms with Crippen molar-refractivity contribution in [2.75, 3.05) is 31.6 Å². The summed E-state index contributed by atoms with van der Waals surface area (Å²) in [6, 6.07) is 13.8. The van der Waals surface area contributed by atoms with Crippen molar-refractivity contribution in [1.82, 2.24) is 10.6 Å². The van der Waals surface area contributed by atoms with Crippen LogP contribution in [0.4, 0.5) is 5.69 Å². The third kappa shape index (κ3) is 5.53. The Morgan fingerprint density at radius 1 is 1.13 bits per heavy atom. The molecule has 8 heteroatoms. The second-order valence-electron chi connectivity index (χ2n) is 7.10. The van der Waals surface area contributed by atoms with E-state index in [1.54, 1.807) is 48.5 Å². The number of nitrogens with zero attached hydrogens (tertiary/aromatic N) is 1. The van der Waals surface area contributed by atoms with E-state index in [1.807, 2.05) is 0 Å². The van der Waals surface area contributed by atoms with Crippen LogP contribution in [0.3, 0.4) is 0 Å². The van der Waals surface area contributed by atoms with E-state index in [4.69, 9.17) is 9.47 Å². The number of nitrogens with one attached hydrogen (secondary N) is 2. The molecule has 0 fully saturated rings. The van der Waals surface area contributed by atoms with Crippen LogP contribution < -0.4 is 25.0 Å². The third-order valence-electron chi connectivity index (χ3n) is 4.90. The fraction of sp³-hybridized carbons (Fsp3) is 0.348. The highest BCUT2D eigenvalue weighted by Crippen LogP contribution is 2.33. The van der Waals surface area contributed by atoms with Crippen molar-refractivity contribution in [1.29, 1.82) is 0 Å². The first kappa shape index (κ1) is 22.1. The molecule has 2 aromatic rings. The molecular weight excluding hydrogens is 398 g/mol. The Balaban J connectivity index is 1.61. The number of carbonyl (C=O) groups is 3. The van der Waals surface area contributed by atoms with Crippen LogP contribution in [0.1, 0.15) is 30.1 Å². The van der Waals surface area contributed by atoms with Crippen LogP contribution in [0.15, 0.2) is 48.5 Å². The van der Waals surface area contributed by atoms with Gasteiger partial charge >= 0.3 is 0 Å². The number of hydrogen-bond acceptors (Lipinski definition) is 5. The minimum absolute atomic E-state index is 0.0647. The number of hydrogen-bond donors (Lipinski definition) is 2. The molecule has 1 aliphatic rings. The smallest absolute Gasteiger partial charge is 0.262 e. The first-order chi connectivity index (χ1) is 15.0. The first-order valence-electron chi connectivity index (χ1n) is 10.3. The molecule has 3 rings (SSSR count). The fourth-order valence-electron chi connectivity index (χ4n) is 3.16. The van der Waals surface area contributed by atoms with E-state index in [2.05, 4.69) is 17.6 Å². The average Bonchev–Trinajstić information content (AvgIpc) is 2.81. The van der Waals surface area contributed by atoms with Gasteiger partial charge in [-0.05, 0) is 42.8 Å². The highest BCUT2D eigenvalue weighted by Gasteiger charge is 2.33. The molecule has 3 amide bonds. The summed E-state index contributed by atoms with van der Waals surface area (Å²) in [6.07, 6.45) is 1.20. The minimum Gasteiger partial charge on any atom is -0.494 e. The zero-order valence-corrected chi connectivity index (χ0v) is 17.7.